The number of hydrogen-bond donors (Lipinski definition) is 0. The highest BCUT2D eigenvalue weighted by molar-refractivity contribution is 7.13. The first-order chi connectivity index (χ1) is 5.81. The van der Waals surface area contributed by atoms with Crippen molar-refractivity contribution >= 4 is 21.6 Å². The largest absolute Gasteiger partial charge is 0.200 e. The van der Waals surface area contributed by atoms with Crippen LogP contribution < -0.4 is 0 Å². The minimum absolute atomic E-state index is 0.739. The lowest BCUT2D eigenvalue weighted by atomic mass is 10.1. The molecule has 0 aliphatic carbocycles. The van der Waals surface area contributed by atoms with Crippen LogP contribution in [0.2, 0.25) is 0 Å². The summed E-state index contributed by atoms with van der Waals surface area (Å²) in [5.41, 5.74) is 1.76. The Morgan fingerprint density at radius 2 is 2.33 bits per heavy atom. The number of rotatable bonds is 0. The van der Waals surface area contributed by atoms with Crippen molar-refractivity contribution < 1.29 is 0 Å². The van der Waals surface area contributed by atoms with Gasteiger partial charge in [-0.2, -0.15) is 9.64 Å². The molecule has 0 atom stereocenters. The number of nitriles is 1. The molecule has 1 aromatic heterocycles. The van der Waals surface area contributed by atoms with Crippen molar-refractivity contribution in [3.63, 3.8) is 0 Å². The number of hydrogen-bond acceptors (Lipinski definition) is 3. The molecule has 1 heterocycles. The molecule has 2 nitrogen and oxygen atoms in total. The smallest absolute Gasteiger partial charge is 0.0994 e. The van der Waals surface area contributed by atoms with E-state index in [0.29, 0.717) is 0 Å². The second-order valence-corrected chi connectivity index (χ2v) is 3.48. The first-order valence-electron chi connectivity index (χ1n) is 3.56. The van der Waals surface area contributed by atoms with Crippen LogP contribution in [0.15, 0.2) is 18.3 Å². The Hall–Kier alpha value is -1.40. The highest BCUT2D eigenvalue weighted by Gasteiger charge is 2.01. The summed E-state index contributed by atoms with van der Waals surface area (Å²) in [7, 11) is 0. The zero-order chi connectivity index (χ0) is 8.55. The normalized spacial score (nSPS) is 10.0. The fourth-order valence-corrected chi connectivity index (χ4v) is 1.86. The third kappa shape index (κ3) is 0.973. The SMILES string of the molecule is Cc1cc2sncc2cc1C#N. The molecule has 12 heavy (non-hydrogen) atoms. The maximum atomic E-state index is 8.75. The summed E-state index contributed by atoms with van der Waals surface area (Å²) in [6, 6.07) is 6.04. The molecular formula is C9H6N2S. The Morgan fingerprint density at radius 1 is 1.50 bits per heavy atom. The summed E-state index contributed by atoms with van der Waals surface area (Å²) in [5.74, 6) is 0. The molecule has 0 amide bonds. The van der Waals surface area contributed by atoms with E-state index >= 15 is 0 Å². The van der Waals surface area contributed by atoms with Gasteiger partial charge in [0.1, 0.15) is 0 Å². The molecule has 0 N–H and O–H groups in total. The molecule has 0 spiro atoms. The van der Waals surface area contributed by atoms with Gasteiger partial charge in [0.25, 0.3) is 0 Å². The van der Waals surface area contributed by atoms with Gasteiger partial charge in [0.05, 0.1) is 16.3 Å². The van der Waals surface area contributed by atoms with Crippen molar-refractivity contribution in [2.45, 2.75) is 6.92 Å². The molecule has 0 unspecified atom stereocenters. The second-order valence-electron chi connectivity index (χ2n) is 2.64. The van der Waals surface area contributed by atoms with Gasteiger partial charge in [-0.3, -0.25) is 0 Å². The predicted molar refractivity (Wildman–Crippen MR) is 49.1 cm³/mol. The summed E-state index contributed by atoms with van der Waals surface area (Å²) < 4.78 is 5.19. The van der Waals surface area contributed by atoms with Crippen LogP contribution in [0.1, 0.15) is 11.1 Å². The van der Waals surface area contributed by atoms with Gasteiger partial charge in [-0.1, -0.05) is 0 Å². The van der Waals surface area contributed by atoms with E-state index in [4.69, 9.17) is 5.26 Å². The van der Waals surface area contributed by atoms with Gasteiger partial charge in [0, 0.05) is 11.6 Å². The van der Waals surface area contributed by atoms with Crippen molar-refractivity contribution in [3.05, 3.63) is 29.5 Å². The molecule has 0 aliphatic rings. The van der Waals surface area contributed by atoms with E-state index in [1.54, 1.807) is 6.20 Å². The van der Waals surface area contributed by atoms with Gasteiger partial charge < -0.3 is 0 Å². The lowest BCUT2D eigenvalue weighted by Crippen LogP contribution is -1.79. The Balaban J connectivity index is 2.84. The van der Waals surface area contributed by atoms with Gasteiger partial charge in [-0.15, -0.1) is 0 Å². The van der Waals surface area contributed by atoms with Crippen molar-refractivity contribution in [2.24, 2.45) is 0 Å². The fourth-order valence-electron chi connectivity index (χ4n) is 1.14. The highest BCUT2D eigenvalue weighted by Crippen LogP contribution is 2.21. The quantitative estimate of drug-likeness (QED) is 0.615. The molecule has 3 heteroatoms. The monoisotopic (exact) mass is 174 g/mol. The predicted octanol–water partition coefficient (Wildman–Crippen LogP) is 2.48. The molecule has 0 radical (unpaired) electrons. The number of benzene rings is 1. The fraction of sp³-hybridized carbons (Fsp3) is 0.111. The first kappa shape index (κ1) is 7.26. The summed E-state index contributed by atoms with van der Waals surface area (Å²) in [6.07, 6.45) is 1.79. The van der Waals surface area contributed by atoms with Crippen LogP contribution in [0.3, 0.4) is 0 Å². The standard InChI is InChI=1S/C9H6N2S/c1-6-2-9-8(5-11-12-9)3-7(6)4-10/h2-3,5H,1H3. The second kappa shape index (κ2) is 2.58. The van der Waals surface area contributed by atoms with Crippen LogP contribution in [0.4, 0.5) is 0 Å². The van der Waals surface area contributed by atoms with Crippen LogP contribution in [-0.4, -0.2) is 4.37 Å². The van der Waals surface area contributed by atoms with Gasteiger partial charge in [-0.25, -0.2) is 0 Å². The molecule has 0 saturated carbocycles. The van der Waals surface area contributed by atoms with Crippen LogP contribution in [0, 0.1) is 18.3 Å². The third-order valence-corrected chi connectivity index (χ3v) is 2.58. The lowest BCUT2D eigenvalue weighted by molar-refractivity contribution is 1.42. The van der Waals surface area contributed by atoms with E-state index < -0.39 is 0 Å². The van der Waals surface area contributed by atoms with Gasteiger partial charge in [0.2, 0.25) is 0 Å². The minimum atomic E-state index is 0.739. The van der Waals surface area contributed by atoms with E-state index in [-0.39, 0.29) is 0 Å². The maximum Gasteiger partial charge on any atom is 0.0994 e. The molecule has 2 rings (SSSR count). The number of aryl methyl sites for hydroxylation is 1. The summed E-state index contributed by atoms with van der Waals surface area (Å²) in [6.45, 7) is 1.94. The molecule has 58 valence electrons. The van der Waals surface area contributed by atoms with E-state index in [0.717, 1.165) is 21.2 Å². The number of nitrogens with zero attached hydrogens (tertiary/aromatic N) is 2. The molecular weight excluding hydrogens is 168 g/mol. The zero-order valence-corrected chi connectivity index (χ0v) is 7.35. The molecule has 1 aromatic carbocycles. The maximum absolute atomic E-state index is 8.75. The van der Waals surface area contributed by atoms with Crippen molar-refractivity contribution in [1.82, 2.24) is 4.37 Å². The Bertz CT molecular complexity index is 465. The molecule has 2 aromatic rings. The van der Waals surface area contributed by atoms with E-state index in [2.05, 4.69) is 10.4 Å². The topological polar surface area (TPSA) is 36.7 Å². The average Bonchev–Trinajstić information content (AvgIpc) is 2.49. The van der Waals surface area contributed by atoms with Gasteiger partial charge in [0.15, 0.2) is 0 Å². The van der Waals surface area contributed by atoms with Crippen LogP contribution in [-0.2, 0) is 0 Å². The van der Waals surface area contributed by atoms with E-state index in [9.17, 15) is 0 Å². The lowest BCUT2D eigenvalue weighted by Gasteiger charge is -1.94. The number of fused-ring (bicyclic) bond motifs is 1. The summed E-state index contributed by atoms with van der Waals surface area (Å²) >= 11 is 1.46. The minimum Gasteiger partial charge on any atom is -0.200 e. The number of aromatic nitrogens is 1. The van der Waals surface area contributed by atoms with Crippen molar-refractivity contribution in [2.75, 3.05) is 0 Å². The molecule has 0 saturated heterocycles. The van der Waals surface area contributed by atoms with Gasteiger partial charge in [-0.05, 0) is 36.2 Å². The van der Waals surface area contributed by atoms with Crippen LogP contribution >= 0.6 is 11.5 Å². The van der Waals surface area contributed by atoms with E-state index in [1.807, 2.05) is 19.1 Å². The highest BCUT2D eigenvalue weighted by atomic mass is 32.1. The summed E-state index contributed by atoms with van der Waals surface area (Å²) in [4.78, 5) is 0. The summed E-state index contributed by atoms with van der Waals surface area (Å²) in [5, 5.41) is 9.81. The first-order valence-corrected chi connectivity index (χ1v) is 4.34. The Labute approximate surface area is 74.2 Å². The van der Waals surface area contributed by atoms with Crippen molar-refractivity contribution in [3.8, 4) is 6.07 Å². The Morgan fingerprint density at radius 3 is 3.08 bits per heavy atom. The van der Waals surface area contributed by atoms with Crippen LogP contribution in [0.25, 0.3) is 10.1 Å². The average molecular weight is 174 g/mol. The molecule has 0 fully saturated rings. The Kier molecular flexibility index (Phi) is 1.56. The zero-order valence-electron chi connectivity index (χ0n) is 6.53. The van der Waals surface area contributed by atoms with Crippen LogP contribution in [0.5, 0.6) is 0 Å². The third-order valence-electron chi connectivity index (χ3n) is 1.82. The van der Waals surface area contributed by atoms with Gasteiger partial charge >= 0.3 is 0 Å². The molecule has 0 bridgehead atoms. The molecule has 0 aliphatic heterocycles. The van der Waals surface area contributed by atoms with Crippen molar-refractivity contribution in [1.29, 1.82) is 5.26 Å². The van der Waals surface area contributed by atoms with E-state index in [1.165, 1.54) is 11.5 Å².